The number of methoxy groups -OCH3 is 1. The van der Waals surface area contributed by atoms with E-state index in [-0.39, 0.29) is 6.04 Å². The molecule has 2 N–H and O–H groups in total. The highest BCUT2D eigenvalue weighted by atomic mass is 32.2. The van der Waals surface area contributed by atoms with Gasteiger partial charge in [-0.15, -0.1) is 11.8 Å². The molecular formula is C18H23NOS. The molecule has 0 aliphatic carbocycles. The maximum absolute atomic E-state index is 6.28. The van der Waals surface area contributed by atoms with Gasteiger partial charge >= 0.3 is 0 Å². The van der Waals surface area contributed by atoms with Crippen molar-refractivity contribution in [3.8, 4) is 5.75 Å². The summed E-state index contributed by atoms with van der Waals surface area (Å²) in [5.74, 6) is 1.83. The molecule has 1 unspecified atom stereocenters. The van der Waals surface area contributed by atoms with Gasteiger partial charge in [-0.1, -0.05) is 35.4 Å². The van der Waals surface area contributed by atoms with Crippen LogP contribution in [0.25, 0.3) is 0 Å². The van der Waals surface area contributed by atoms with E-state index in [4.69, 9.17) is 10.5 Å². The monoisotopic (exact) mass is 301 g/mol. The molecule has 0 amide bonds. The highest BCUT2D eigenvalue weighted by molar-refractivity contribution is 7.99. The molecule has 3 heteroatoms. The first-order valence-electron chi connectivity index (χ1n) is 7.17. The molecule has 0 saturated heterocycles. The van der Waals surface area contributed by atoms with E-state index < -0.39 is 0 Å². The van der Waals surface area contributed by atoms with Crippen molar-refractivity contribution >= 4 is 11.8 Å². The second-order valence-corrected chi connectivity index (χ2v) is 6.50. The van der Waals surface area contributed by atoms with Crippen LogP contribution in [0, 0.1) is 13.8 Å². The van der Waals surface area contributed by atoms with Gasteiger partial charge in [0.15, 0.2) is 0 Å². The fraction of sp³-hybridized carbons (Fsp3) is 0.333. The highest BCUT2D eigenvalue weighted by Crippen LogP contribution is 2.23. The zero-order valence-corrected chi connectivity index (χ0v) is 13.7. The number of nitrogens with two attached hydrogens (primary N) is 1. The molecule has 0 radical (unpaired) electrons. The van der Waals surface area contributed by atoms with Crippen molar-refractivity contribution in [2.75, 3.05) is 12.9 Å². The summed E-state index contributed by atoms with van der Waals surface area (Å²) in [6.45, 7) is 4.19. The second kappa shape index (κ2) is 7.53. The number of benzene rings is 2. The third-order valence-electron chi connectivity index (χ3n) is 3.40. The fourth-order valence-electron chi connectivity index (χ4n) is 2.25. The van der Waals surface area contributed by atoms with E-state index in [0.717, 1.165) is 17.9 Å². The van der Waals surface area contributed by atoms with Crippen LogP contribution in [0.5, 0.6) is 5.75 Å². The molecule has 0 aromatic heterocycles. The van der Waals surface area contributed by atoms with E-state index >= 15 is 0 Å². The third-order valence-corrected chi connectivity index (χ3v) is 4.60. The maximum Gasteiger partial charge on any atom is 0.122 e. The van der Waals surface area contributed by atoms with Crippen LogP contribution in [0.1, 0.15) is 16.7 Å². The Morgan fingerprint density at radius 2 is 1.71 bits per heavy atom. The lowest BCUT2D eigenvalue weighted by Crippen LogP contribution is -2.25. The van der Waals surface area contributed by atoms with Crippen LogP contribution >= 0.6 is 11.8 Å². The number of rotatable bonds is 6. The van der Waals surface area contributed by atoms with Gasteiger partial charge in [0.1, 0.15) is 5.75 Å². The van der Waals surface area contributed by atoms with Crippen LogP contribution in [-0.2, 0) is 6.42 Å². The van der Waals surface area contributed by atoms with Gasteiger partial charge in [0.2, 0.25) is 0 Å². The molecule has 2 aromatic rings. The molecule has 112 valence electrons. The Hall–Kier alpha value is -1.45. The normalized spacial score (nSPS) is 12.2. The quantitative estimate of drug-likeness (QED) is 0.820. The van der Waals surface area contributed by atoms with Gasteiger partial charge < -0.3 is 10.5 Å². The Balaban J connectivity index is 1.94. The molecule has 0 spiro atoms. The minimum Gasteiger partial charge on any atom is -0.496 e. The molecule has 0 fully saturated rings. The first-order valence-corrected chi connectivity index (χ1v) is 8.15. The Morgan fingerprint density at radius 3 is 2.38 bits per heavy atom. The summed E-state index contributed by atoms with van der Waals surface area (Å²) < 4.78 is 5.41. The lowest BCUT2D eigenvalue weighted by molar-refractivity contribution is 0.408. The summed E-state index contributed by atoms with van der Waals surface area (Å²) in [7, 11) is 1.71. The number of hydrogen-bond donors (Lipinski definition) is 1. The zero-order valence-electron chi connectivity index (χ0n) is 12.9. The van der Waals surface area contributed by atoms with Gasteiger partial charge in [0, 0.05) is 16.7 Å². The molecule has 0 saturated carbocycles. The smallest absolute Gasteiger partial charge is 0.122 e. The lowest BCUT2D eigenvalue weighted by atomic mass is 10.0. The minimum absolute atomic E-state index is 0.118. The van der Waals surface area contributed by atoms with Gasteiger partial charge in [-0.2, -0.15) is 0 Å². The van der Waals surface area contributed by atoms with Crippen molar-refractivity contribution in [2.24, 2.45) is 5.73 Å². The van der Waals surface area contributed by atoms with Crippen LogP contribution in [0.4, 0.5) is 0 Å². The summed E-state index contributed by atoms with van der Waals surface area (Å²) in [5, 5.41) is 0. The SMILES string of the molecule is COc1ccc(C)cc1CC(N)CSc1ccc(C)cc1. The van der Waals surface area contributed by atoms with E-state index in [9.17, 15) is 0 Å². The van der Waals surface area contributed by atoms with E-state index in [2.05, 4.69) is 50.2 Å². The van der Waals surface area contributed by atoms with Gasteiger partial charge in [-0.25, -0.2) is 0 Å². The fourth-order valence-corrected chi connectivity index (χ4v) is 3.10. The first kappa shape index (κ1) is 15.9. The third kappa shape index (κ3) is 4.80. The van der Waals surface area contributed by atoms with Crippen molar-refractivity contribution in [1.82, 2.24) is 0 Å². The molecule has 2 aromatic carbocycles. The summed E-state index contributed by atoms with van der Waals surface area (Å²) in [4.78, 5) is 1.27. The summed E-state index contributed by atoms with van der Waals surface area (Å²) in [6, 6.07) is 14.9. The van der Waals surface area contributed by atoms with Crippen molar-refractivity contribution in [2.45, 2.75) is 31.2 Å². The molecule has 0 aliphatic rings. The molecule has 1 atom stereocenters. The first-order chi connectivity index (χ1) is 10.1. The van der Waals surface area contributed by atoms with Crippen LogP contribution in [0.15, 0.2) is 47.4 Å². The van der Waals surface area contributed by atoms with Crippen LogP contribution < -0.4 is 10.5 Å². The average molecular weight is 301 g/mol. The van der Waals surface area contributed by atoms with Crippen LogP contribution in [0.3, 0.4) is 0 Å². The Kier molecular flexibility index (Phi) is 5.71. The second-order valence-electron chi connectivity index (χ2n) is 5.40. The molecule has 21 heavy (non-hydrogen) atoms. The number of aryl methyl sites for hydroxylation is 2. The zero-order chi connectivity index (χ0) is 15.2. The molecule has 2 rings (SSSR count). The topological polar surface area (TPSA) is 35.2 Å². The Bertz CT molecular complexity index is 580. The summed E-state index contributed by atoms with van der Waals surface area (Å²) >= 11 is 1.81. The Morgan fingerprint density at radius 1 is 1.05 bits per heavy atom. The van der Waals surface area contributed by atoms with E-state index in [1.165, 1.54) is 21.6 Å². The van der Waals surface area contributed by atoms with E-state index in [0.29, 0.717) is 0 Å². The highest BCUT2D eigenvalue weighted by Gasteiger charge is 2.10. The molecule has 2 nitrogen and oxygen atoms in total. The number of hydrogen-bond acceptors (Lipinski definition) is 3. The largest absolute Gasteiger partial charge is 0.496 e. The number of ether oxygens (including phenoxy) is 1. The van der Waals surface area contributed by atoms with Crippen molar-refractivity contribution < 1.29 is 4.74 Å². The van der Waals surface area contributed by atoms with E-state index in [1.54, 1.807) is 7.11 Å². The summed E-state index contributed by atoms with van der Waals surface area (Å²) in [6.07, 6.45) is 0.837. The van der Waals surface area contributed by atoms with Gasteiger partial charge in [0.25, 0.3) is 0 Å². The maximum atomic E-state index is 6.28. The predicted octanol–water partition coefficient (Wildman–Crippen LogP) is 3.97. The van der Waals surface area contributed by atoms with Gasteiger partial charge in [-0.05, 0) is 44.0 Å². The molecule has 0 bridgehead atoms. The summed E-state index contributed by atoms with van der Waals surface area (Å²) in [5.41, 5.74) is 10.00. The van der Waals surface area contributed by atoms with Crippen molar-refractivity contribution in [3.63, 3.8) is 0 Å². The minimum atomic E-state index is 0.118. The van der Waals surface area contributed by atoms with E-state index in [1.807, 2.05) is 17.8 Å². The number of thioether (sulfide) groups is 1. The molecular weight excluding hydrogens is 278 g/mol. The van der Waals surface area contributed by atoms with Crippen molar-refractivity contribution in [3.05, 3.63) is 59.2 Å². The standard InChI is InChI=1S/C18H23NOS/c1-13-4-7-17(8-5-13)21-12-16(19)11-15-10-14(2)6-9-18(15)20-3/h4-10,16H,11-12,19H2,1-3H3. The van der Waals surface area contributed by atoms with Gasteiger partial charge in [-0.3, -0.25) is 0 Å². The van der Waals surface area contributed by atoms with Gasteiger partial charge in [0.05, 0.1) is 7.11 Å². The average Bonchev–Trinajstić information content (AvgIpc) is 2.47. The molecule has 0 heterocycles. The molecule has 0 aliphatic heterocycles. The lowest BCUT2D eigenvalue weighted by Gasteiger charge is -2.15. The predicted molar refractivity (Wildman–Crippen MR) is 91.3 cm³/mol. The van der Waals surface area contributed by atoms with Crippen molar-refractivity contribution in [1.29, 1.82) is 0 Å². The van der Waals surface area contributed by atoms with Crippen LogP contribution in [0.2, 0.25) is 0 Å². The van der Waals surface area contributed by atoms with Crippen LogP contribution in [-0.4, -0.2) is 18.9 Å². The Labute approximate surface area is 131 Å².